The second kappa shape index (κ2) is 2.54. The van der Waals surface area contributed by atoms with Crippen molar-refractivity contribution in [3.63, 3.8) is 0 Å². The van der Waals surface area contributed by atoms with Gasteiger partial charge >= 0.3 is 0 Å². The van der Waals surface area contributed by atoms with Gasteiger partial charge in [-0.3, -0.25) is 0 Å². The average Bonchev–Trinajstić information content (AvgIpc) is 1.82. The Kier molecular flexibility index (Phi) is 1.89. The molecule has 0 aliphatic rings. The van der Waals surface area contributed by atoms with Crippen LogP contribution in [0.2, 0.25) is 0 Å². The maximum atomic E-state index is 12.6. The van der Waals surface area contributed by atoms with Gasteiger partial charge in [-0.05, 0) is 34.5 Å². The Bertz CT molecular complexity index is 239. The molecule has 0 radical (unpaired) electrons. The zero-order valence-corrected chi connectivity index (χ0v) is 6.94. The van der Waals surface area contributed by atoms with Gasteiger partial charge in [-0.15, -0.1) is 0 Å². The van der Waals surface area contributed by atoms with E-state index >= 15 is 0 Å². The molecule has 0 spiro atoms. The van der Waals surface area contributed by atoms with E-state index in [9.17, 15) is 4.39 Å². The van der Waals surface area contributed by atoms with Crippen molar-refractivity contribution in [2.24, 2.45) is 0 Å². The second-order valence-electron chi connectivity index (χ2n) is 1.97. The summed E-state index contributed by atoms with van der Waals surface area (Å²) in [6, 6.07) is 1.67. The minimum Gasteiger partial charge on any atom is -0.395 e. The van der Waals surface area contributed by atoms with Gasteiger partial charge in [-0.2, -0.15) is 4.39 Å². The summed E-state index contributed by atoms with van der Waals surface area (Å²) in [5, 5.41) is 0. The number of rotatable bonds is 0. The van der Waals surface area contributed by atoms with E-state index in [1.54, 1.807) is 13.0 Å². The number of hydrogen-bond acceptors (Lipinski definition) is 2. The van der Waals surface area contributed by atoms with Gasteiger partial charge in [0.1, 0.15) is 4.60 Å². The molecule has 2 nitrogen and oxygen atoms in total. The van der Waals surface area contributed by atoms with E-state index in [2.05, 4.69) is 20.9 Å². The predicted octanol–water partition coefficient (Wildman–Crippen LogP) is 1.87. The van der Waals surface area contributed by atoms with E-state index in [1.807, 2.05) is 0 Å². The Hall–Kier alpha value is -0.640. The summed E-state index contributed by atoms with van der Waals surface area (Å²) in [6.07, 6.45) is 0. The zero-order chi connectivity index (χ0) is 7.72. The summed E-state index contributed by atoms with van der Waals surface area (Å²) >= 11 is 3.04. The summed E-state index contributed by atoms with van der Waals surface area (Å²) in [5.41, 5.74) is 6.10. The quantitative estimate of drug-likeness (QED) is 0.656. The highest BCUT2D eigenvalue weighted by Crippen LogP contribution is 2.17. The smallest absolute Gasteiger partial charge is 0.237 e. The van der Waals surface area contributed by atoms with Crippen LogP contribution in [-0.2, 0) is 0 Å². The fraction of sp³-hybridized carbons (Fsp3) is 0.167. The molecule has 0 saturated heterocycles. The van der Waals surface area contributed by atoms with Gasteiger partial charge in [0, 0.05) is 0 Å². The van der Waals surface area contributed by atoms with Gasteiger partial charge in [0.15, 0.2) is 0 Å². The maximum Gasteiger partial charge on any atom is 0.237 e. The third kappa shape index (κ3) is 1.26. The van der Waals surface area contributed by atoms with E-state index in [4.69, 9.17) is 5.73 Å². The Morgan fingerprint density at radius 2 is 2.30 bits per heavy atom. The molecule has 0 amide bonds. The van der Waals surface area contributed by atoms with Crippen molar-refractivity contribution >= 4 is 21.6 Å². The fourth-order valence-electron chi connectivity index (χ4n) is 0.605. The molecule has 54 valence electrons. The summed E-state index contributed by atoms with van der Waals surface area (Å²) in [5.74, 6) is -0.619. The fourth-order valence-corrected chi connectivity index (χ4v) is 1.10. The second-order valence-corrected chi connectivity index (χ2v) is 2.78. The minimum atomic E-state index is -0.619. The molecule has 0 atom stereocenters. The number of halogens is 2. The molecule has 4 heteroatoms. The summed E-state index contributed by atoms with van der Waals surface area (Å²) in [6.45, 7) is 1.73. The van der Waals surface area contributed by atoms with E-state index in [-0.39, 0.29) is 5.69 Å². The van der Waals surface area contributed by atoms with E-state index in [1.165, 1.54) is 0 Å². The molecule has 0 aromatic carbocycles. The first-order valence-corrected chi connectivity index (χ1v) is 3.48. The van der Waals surface area contributed by atoms with Crippen LogP contribution in [0.3, 0.4) is 0 Å². The number of hydrogen-bond donors (Lipinski definition) is 1. The number of aryl methyl sites for hydroxylation is 1. The molecule has 0 bridgehead atoms. The van der Waals surface area contributed by atoms with Crippen LogP contribution in [0.5, 0.6) is 0 Å². The third-order valence-electron chi connectivity index (χ3n) is 1.19. The normalized spacial score (nSPS) is 9.90. The zero-order valence-electron chi connectivity index (χ0n) is 5.36. The number of pyridine rings is 1. The molecule has 1 aromatic heterocycles. The van der Waals surface area contributed by atoms with Gasteiger partial charge in [-0.1, -0.05) is 0 Å². The molecule has 0 saturated carbocycles. The number of nitrogens with zero attached hydrogens (tertiary/aromatic N) is 1. The van der Waals surface area contributed by atoms with Crippen LogP contribution in [0.4, 0.5) is 10.1 Å². The van der Waals surface area contributed by atoms with Gasteiger partial charge in [0.05, 0.1) is 5.69 Å². The van der Waals surface area contributed by atoms with Crippen molar-refractivity contribution < 1.29 is 4.39 Å². The van der Waals surface area contributed by atoms with E-state index in [0.29, 0.717) is 10.2 Å². The average molecular weight is 205 g/mol. The first kappa shape index (κ1) is 7.47. The van der Waals surface area contributed by atoms with Crippen molar-refractivity contribution in [1.29, 1.82) is 0 Å². The number of anilines is 1. The van der Waals surface area contributed by atoms with Gasteiger partial charge in [-0.25, -0.2) is 4.98 Å². The molecule has 0 unspecified atom stereocenters. The Morgan fingerprint density at radius 3 is 2.80 bits per heavy atom. The van der Waals surface area contributed by atoms with Crippen molar-refractivity contribution in [2.75, 3.05) is 5.73 Å². The van der Waals surface area contributed by atoms with Gasteiger partial charge in [0.25, 0.3) is 0 Å². The lowest BCUT2D eigenvalue weighted by atomic mass is 10.2. The van der Waals surface area contributed by atoms with Crippen molar-refractivity contribution in [3.05, 3.63) is 22.2 Å². The highest BCUT2D eigenvalue weighted by molar-refractivity contribution is 9.10. The van der Waals surface area contributed by atoms with Crippen LogP contribution in [0.1, 0.15) is 5.56 Å². The molecule has 1 heterocycles. The lowest BCUT2D eigenvalue weighted by Gasteiger charge is -1.99. The monoisotopic (exact) mass is 204 g/mol. The molecular weight excluding hydrogens is 199 g/mol. The van der Waals surface area contributed by atoms with Crippen molar-refractivity contribution in [3.8, 4) is 0 Å². The first-order valence-electron chi connectivity index (χ1n) is 2.69. The molecule has 0 fully saturated rings. The van der Waals surface area contributed by atoms with E-state index < -0.39 is 5.95 Å². The Balaban J connectivity index is 3.31. The number of nitrogens with two attached hydrogens (primary N) is 1. The molecule has 1 aromatic rings. The molecule has 1 rings (SSSR count). The van der Waals surface area contributed by atoms with Crippen LogP contribution in [0, 0.1) is 12.9 Å². The van der Waals surface area contributed by atoms with Gasteiger partial charge < -0.3 is 5.73 Å². The summed E-state index contributed by atoms with van der Waals surface area (Å²) < 4.78 is 13.0. The molecular formula is C6H6BrFN2. The molecule has 0 aliphatic carbocycles. The maximum absolute atomic E-state index is 12.6. The summed E-state index contributed by atoms with van der Waals surface area (Å²) in [4.78, 5) is 3.46. The Labute approximate surface area is 66.4 Å². The van der Waals surface area contributed by atoms with E-state index in [0.717, 1.165) is 0 Å². The third-order valence-corrected chi connectivity index (χ3v) is 1.59. The summed E-state index contributed by atoms with van der Waals surface area (Å²) in [7, 11) is 0. The molecule has 10 heavy (non-hydrogen) atoms. The van der Waals surface area contributed by atoms with Crippen molar-refractivity contribution in [2.45, 2.75) is 6.92 Å². The number of nitrogen functional groups attached to an aromatic ring is 1. The van der Waals surface area contributed by atoms with Crippen molar-refractivity contribution in [1.82, 2.24) is 4.98 Å². The lowest BCUT2D eigenvalue weighted by molar-refractivity contribution is 0.585. The van der Waals surface area contributed by atoms with Crippen LogP contribution in [0.15, 0.2) is 10.7 Å². The van der Waals surface area contributed by atoms with Gasteiger partial charge in [0.2, 0.25) is 5.95 Å². The largest absolute Gasteiger partial charge is 0.395 e. The van der Waals surface area contributed by atoms with Crippen LogP contribution < -0.4 is 5.73 Å². The van der Waals surface area contributed by atoms with Crippen LogP contribution in [0.25, 0.3) is 0 Å². The topological polar surface area (TPSA) is 38.9 Å². The van der Waals surface area contributed by atoms with Crippen LogP contribution >= 0.6 is 15.9 Å². The predicted molar refractivity (Wildman–Crippen MR) is 41.0 cm³/mol. The highest BCUT2D eigenvalue weighted by atomic mass is 79.9. The lowest BCUT2D eigenvalue weighted by Crippen LogP contribution is -1.97. The minimum absolute atomic E-state index is 0.114. The molecule has 2 N–H and O–H groups in total. The molecule has 0 aliphatic heterocycles. The standard InChI is InChI=1S/C6H6BrFN2/c1-3-2-4(7)10-6(8)5(3)9/h2H,9H2,1H3. The Morgan fingerprint density at radius 1 is 1.70 bits per heavy atom. The first-order chi connectivity index (χ1) is 4.61. The SMILES string of the molecule is Cc1cc(Br)nc(F)c1N. The number of aromatic nitrogens is 1. The highest BCUT2D eigenvalue weighted by Gasteiger charge is 2.03. The van der Waals surface area contributed by atoms with Crippen LogP contribution in [-0.4, -0.2) is 4.98 Å².